The van der Waals surface area contributed by atoms with Gasteiger partial charge in [-0.05, 0) is 26.0 Å². The molecule has 9 heteroatoms. The summed E-state index contributed by atoms with van der Waals surface area (Å²) in [6.07, 6.45) is 1.93. The van der Waals surface area contributed by atoms with Crippen molar-refractivity contribution in [2.24, 2.45) is 0 Å². The summed E-state index contributed by atoms with van der Waals surface area (Å²) in [6, 6.07) is 3.69. The van der Waals surface area contributed by atoms with E-state index in [9.17, 15) is 9.59 Å². The van der Waals surface area contributed by atoms with Gasteiger partial charge >= 0.3 is 0 Å². The molecule has 3 heterocycles. The summed E-state index contributed by atoms with van der Waals surface area (Å²) in [7, 11) is 0. The number of morpholine rings is 1. The lowest BCUT2D eigenvalue weighted by molar-refractivity contribution is -0.114. The van der Waals surface area contributed by atoms with Gasteiger partial charge in [0.15, 0.2) is 5.13 Å². The van der Waals surface area contributed by atoms with E-state index in [1.54, 1.807) is 11.6 Å². The molecule has 0 radical (unpaired) electrons. The van der Waals surface area contributed by atoms with Gasteiger partial charge < -0.3 is 20.3 Å². The van der Waals surface area contributed by atoms with Crippen molar-refractivity contribution in [1.82, 2.24) is 9.97 Å². The Labute approximate surface area is 155 Å². The third-order valence-electron chi connectivity index (χ3n) is 3.77. The quantitative estimate of drug-likeness (QED) is 0.852. The van der Waals surface area contributed by atoms with Crippen molar-refractivity contribution in [3.05, 3.63) is 29.4 Å². The van der Waals surface area contributed by atoms with Crippen molar-refractivity contribution in [2.45, 2.75) is 33.0 Å². The fourth-order valence-corrected chi connectivity index (χ4v) is 3.53. The number of anilines is 3. The molecule has 2 aromatic rings. The smallest absolute Gasteiger partial charge is 0.275 e. The van der Waals surface area contributed by atoms with E-state index < -0.39 is 0 Å². The molecule has 2 amide bonds. The first-order chi connectivity index (χ1) is 12.4. The van der Waals surface area contributed by atoms with E-state index in [-0.39, 0.29) is 29.7 Å². The molecule has 0 saturated carbocycles. The first-order valence-corrected chi connectivity index (χ1v) is 9.19. The molecule has 1 aliphatic rings. The molecule has 1 saturated heterocycles. The van der Waals surface area contributed by atoms with Gasteiger partial charge in [0.25, 0.3) is 5.91 Å². The van der Waals surface area contributed by atoms with E-state index in [0.717, 1.165) is 18.9 Å². The molecular formula is C17H21N5O3S. The number of nitrogens with one attached hydrogen (secondary N) is 2. The predicted octanol–water partition coefficient (Wildman–Crippen LogP) is 2.36. The summed E-state index contributed by atoms with van der Waals surface area (Å²) in [5.74, 6) is 0.283. The summed E-state index contributed by atoms with van der Waals surface area (Å²) >= 11 is 1.20. The van der Waals surface area contributed by atoms with Gasteiger partial charge in [-0.2, -0.15) is 0 Å². The lowest BCUT2D eigenvalue weighted by Crippen LogP contribution is -2.45. The summed E-state index contributed by atoms with van der Waals surface area (Å²) in [6.45, 7) is 7.05. The minimum Gasteiger partial charge on any atom is -0.372 e. The average Bonchev–Trinajstić information content (AvgIpc) is 3.02. The summed E-state index contributed by atoms with van der Waals surface area (Å²) < 4.78 is 5.73. The minimum absolute atomic E-state index is 0.155. The number of ether oxygens (including phenoxy) is 1. The normalized spacial score (nSPS) is 19.9. The van der Waals surface area contributed by atoms with Crippen LogP contribution in [0.4, 0.5) is 16.6 Å². The lowest BCUT2D eigenvalue weighted by Gasteiger charge is -2.36. The summed E-state index contributed by atoms with van der Waals surface area (Å²) in [5, 5.41) is 7.31. The lowest BCUT2D eigenvalue weighted by atomic mass is 10.2. The van der Waals surface area contributed by atoms with Crippen LogP contribution in [-0.2, 0) is 9.53 Å². The first-order valence-electron chi connectivity index (χ1n) is 8.31. The third-order valence-corrected chi connectivity index (χ3v) is 4.53. The molecule has 0 bridgehead atoms. The maximum atomic E-state index is 12.3. The predicted molar refractivity (Wildman–Crippen MR) is 101 cm³/mol. The van der Waals surface area contributed by atoms with Crippen LogP contribution in [-0.4, -0.2) is 47.1 Å². The van der Waals surface area contributed by atoms with Crippen LogP contribution in [0, 0.1) is 0 Å². The number of thiazole rings is 1. The van der Waals surface area contributed by atoms with Gasteiger partial charge in [-0.3, -0.25) is 9.59 Å². The van der Waals surface area contributed by atoms with Gasteiger partial charge in [0.05, 0.1) is 24.1 Å². The van der Waals surface area contributed by atoms with Gasteiger partial charge in [0.2, 0.25) is 5.91 Å². The maximum Gasteiger partial charge on any atom is 0.275 e. The molecule has 8 nitrogen and oxygen atoms in total. The number of hydrogen-bond donors (Lipinski definition) is 2. The Morgan fingerprint density at radius 2 is 1.96 bits per heavy atom. The van der Waals surface area contributed by atoms with E-state index in [0.29, 0.717) is 10.8 Å². The third kappa shape index (κ3) is 4.55. The van der Waals surface area contributed by atoms with Gasteiger partial charge in [-0.1, -0.05) is 0 Å². The van der Waals surface area contributed by atoms with Gasteiger partial charge in [-0.25, -0.2) is 9.97 Å². The molecule has 0 aliphatic carbocycles. The second-order valence-electron chi connectivity index (χ2n) is 6.24. The highest BCUT2D eigenvalue weighted by atomic mass is 32.1. The van der Waals surface area contributed by atoms with E-state index in [1.165, 1.54) is 18.3 Å². The maximum absolute atomic E-state index is 12.3. The minimum atomic E-state index is -0.346. The van der Waals surface area contributed by atoms with E-state index in [1.807, 2.05) is 26.0 Å². The monoisotopic (exact) mass is 375 g/mol. The first kappa shape index (κ1) is 18.3. The van der Waals surface area contributed by atoms with Crippen LogP contribution in [0.25, 0.3) is 0 Å². The Bertz CT molecular complexity index is 782. The van der Waals surface area contributed by atoms with E-state index in [2.05, 4.69) is 25.5 Å². The number of pyridine rings is 1. The molecule has 138 valence electrons. The summed E-state index contributed by atoms with van der Waals surface area (Å²) in [4.78, 5) is 34.0. The highest BCUT2D eigenvalue weighted by Crippen LogP contribution is 2.21. The van der Waals surface area contributed by atoms with Gasteiger partial charge in [0.1, 0.15) is 11.5 Å². The number of rotatable bonds is 4. The standard InChI is InChI=1S/C17H21N5O3S/c1-10-7-22(8-11(2)25-10)15-5-4-13(6-18-15)20-16(24)14-9-26-17(21-14)19-12(3)23/h4-6,9-11H,7-8H2,1-3H3,(H,20,24)(H,19,21,23)/t10-,11-/m0/s1. The van der Waals surface area contributed by atoms with Crippen LogP contribution in [0.5, 0.6) is 0 Å². The largest absolute Gasteiger partial charge is 0.372 e. The van der Waals surface area contributed by atoms with Crippen LogP contribution in [0.1, 0.15) is 31.3 Å². The van der Waals surface area contributed by atoms with Crippen LogP contribution in [0.3, 0.4) is 0 Å². The Morgan fingerprint density at radius 3 is 2.58 bits per heavy atom. The van der Waals surface area contributed by atoms with Gasteiger partial charge in [-0.15, -0.1) is 11.3 Å². The van der Waals surface area contributed by atoms with Crippen LogP contribution in [0.2, 0.25) is 0 Å². The number of hydrogen-bond acceptors (Lipinski definition) is 7. The Kier molecular flexibility index (Phi) is 5.48. The van der Waals surface area contributed by atoms with Crippen molar-refractivity contribution in [3.63, 3.8) is 0 Å². The number of amides is 2. The number of aromatic nitrogens is 2. The van der Waals surface area contributed by atoms with Crippen LogP contribution < -0.4 is 15.5 Å². The zero-order valence-electron chi connectivity index (χ0n) is 14.9. The Balaban J connectivity index is 1.62. The highest BCUT2D eigenvalue weighted by Gasteiger charge is 2.23. The molecule has 1 aliphatic heterocycles. The molecule has 1 fully saturated rings. The van der Waals surface area contributed by atoms with Gasteiger partial charge in [0, 0.05) is 25.4 Å². The molecule has 2 aromatic heterocycles. The zero-order chi connectivity index (χ0) is 18.7. The average molecular weight is 375 g/mol. The van der Waals surface area contributed by atoms with Crippen LogP contribution in [0.15, 0.2) is 23.7 Å². The topological polar surface area (TPSA) is 96.5 Å². The van der Waals surface area contributed by atoms with Crippen LogP contribution >= 0.6 is 11.3 Å². The molecule has 26 heavy (non-hydrogen) atoms. The van der Waals surface area contributed by atoms with Crippen molar-refractivity contribution in [1.29, 1.82) is 0 Å². The van der Waals surface area contributed by atoms with Crippen molar-refractivity contribution in [2.75, 3.05) is 28.6 Å². The molecular weight excluding hydrogens is 354 g/mol. The SMILES string of the molecule is CC(=O)Nc1nc(C(=O)Nc2ccc(N3C[C@H](C)O[C@@H](C)C3)nc2)cs1. The fraction of sp³-hybridized carbons (Fsp3) is 0.412. The van der Waals surface area contributed by atoms with Crippen molar-refractivity contribution >= 4 is 39.8 Å². The Hall–Kier alpha value is -2.52. The molecule has 3 rings (SSSR count). The second kappa shape index (κ2) is 7.79. The summed E-state index contributed by atoms with van der Waals surface area (Å²) in [5.41, 5.74) is 0.834. The fourth-order valence-electron chi connectivity index (χ4n) is 2.79. The number of carbonyl (C=O) groups excluding carboxylic acids is 2. The molecule has 2 N–H and O–H groups in total. The molecule has 0 aromatic carbocycles. The van der Waals surface area contributed by atoms with E-state index in [4.69, 9.17) is 4.74 Å². The zero-order valence-corrected chi connectivity index (χ0v) is 15.7. The molecule has 0 spiro atoms. The van der Waals surface area contributed by atoms with Crippen molar-refractivity contribution in [3.8, 4) is 0 Å². The van der Waals surface area contributed by atoms with E-state index >= 15 is 0 Å². The molecule has 0 unspecified atom stereocenters. The second-order valence-corrected chi connectivity index (χ2v) is 7.10. The van der Waals surface area contributed by atoms with Crippen molar-refractivity contribution < 1.29 is 14.3 Å². The highest BCUT2D eigenvalue weighted by molar-refractivity contribution is 7.14. The number of nitrogens with zero attached hydrogens (tertiary/aromatic N) is 3. The Morgan fingerprint density at radius 1 is 1.23 bits per heavy atom. The molecule has 2 atom stereocenters. The number of carbonyl (C=O) groups is 2.